The lowest BCUT2D eigenvalue weighted by Gasteiger charge is -2.12. The van der Waals surface area contributed by atoms with Crippen molar-refractivity contribution in [1.29, 1.82) is 0 Å². The predicted molar refractivity (Wildman–Crippen MR) is 136 cm³/mol. The molecule has 0 aliphatic heterocycles. The van der Waals surface area contributed by atoms with E-state index in [1.54, 1.807) is 12.1 Å². The van der Waals surface area contributed by atoms with E-state index in [4.69, 9.17) is 16.3 Å². The van der Waals surface area contributed by atoms with E-state index in [1.807, 2.05) is 47.9 Å². The van der Waals surface area contributed by atoms with Crippen LogP contribution < -0.4 is 10.1 Å². The number of thioether (sulfide) groups is 1. The molecule has 180 valence electrons. The van der Waals surface area contributed by atoms with Crippen LogP contribution in [0.4, 0.5) is 14.5 Å². The highest BCUT2D eigenvalue weighted by Crippen LogP contribution is 2.31. The van der Waals surface area contributed by atoms with E-state index in [2.05, 4.69) is 31.4 Å². The minimum Gasteiger partial charge on any atom is -0.494 e. The summed E-state index contributed by atoms with van der Waals surface area (Å²) in [5.74, 6) is -0.925. The molecule has 6 nitrogen and oxygen atoms in total. The van der Waals surface area contributed by atoms with E-state index in [9.17, 15) is 13.6 Å². The molecule has 0 fully saturated rings. The van der Waals surface area contributed by atoms with Crippen molar-refractivity contribution in [3.05, 3.63) is 81.8 Å². The molecular weight excluding hydrogens is 562 g/mol. The summed E-state index contributed by atoms with van der Waals surface area (Å²) in [6.45, 7) is 2.45. The largest absolute Gasteiger partial charge is 0.494 e. The van der Waals surface area contributed by atoms with Gasteiger partial charge in [-0.2, -0.15) is 0 Å². The van der Waals surface area contributed by atoms with Crippen molar-refractivity contribution in [3.63, 3.8) is 0 Å². The minimum absolute atomic E-state index is 0.0843. The first-order chi connectivity index (χ1) is 16.9. The number of halogens is 4. The third-order valence-corrected chi connectivity index (χ3v) is 6.55. The van der Waals surface area contributed by atoms with Crippen LogP contribution in [0.15, 0.2) is 70.3 Å². The van der Waals surface area contributed by atoms with Crippen molar-refractivity contribution in [2.75, 3.05) is 17.7 Å². The molecule has 0 saturated carbocycles. The number of nitrogens with zero attached hydrogens (tertiary/aromatic N) is 3. The second-order valence-electron chi connectivity index (χ2n) is 7.16. The molecule has 11 heteroatoms. The molecule has 3 aromatic carbocycles. The average Bonchev–Trinajstić information content (AvgIpc) is 3.25. The molecule has 1 amide bonds. The first kappa shape index (κ1) is 25.2. The van der Waals surface area contributed by atoms with Crippen LogP contribution in [0.1, 0.15) is 6.92 Å². The van der Waals surface area contributed by atoms with E-state index < -0.39 is 17.5 Å². The molecule has 0 bridgehead atoms. The zero-order valence-corrected chi connectivity index (χ0v) is 21.4. The average molecular weight is 580 g/mol. The summed E-state index contributed by atoms with van der Waals surface area (Å²) in [6.07, 6.45) is 0. The van der Waals surface area contributed by atoms with Crippen LogP contribution in [-0.2, 0) is 4.79 Å². The van der Waals surface area contributed by atoms with Crippen LogP contribution in [0, 0.1) is 11.6 Å². The molecule has 0 aliphatic rings. The van der Waals surface area contributed by atoms with Crippen molar-refractivity contribution < 1.29 is 18.3 Å². The van der Waals surface area contributed by atoms with E-state index >= 15 is 0 Å². The molecular formula is C24H18BrClF2N4O2S. The zero-order chi connectivity index (χ0) is 24.9. The van der Waals surface area contributed by atoms with Crippen LogP contribution in [0.25, 0.3) is 17.1 Å². The fraction of sp³-hybridized carbons (Fsp3) is 0.125. The molecule has 4 aromatic rings. The zero-order valence-electron chi connectivity index (χ0n) is 18.3. The van der Waals surface area contributed by atoms with Crippen molar-refractivity contribution >= 4 is 50.9 Å². The lowest BCUT2D eigenvalue weighted by atomic mass is 10.2. The van der Waals surface area contributed by atoms with E-state index in [1.165, 1.54) is 0 Å². The maximum Gasteiger partial charge on any atom is 0.234 e. The number of amides is 1. The summed E-state index contributed by atoms with van der Waals surface area (Å²) in [6, 6.07) is 16.3. The monoisotopic (exact) mass is 578 g/mol. The second-order valence-corrected chi connectivity index (χ2v) is 9.39. The molecule has 35 heavy (non-hydrogen) atoms. The first-order valence-electron chi connectivity index (χ1n) is 10.4. The Balaban J connectivity index is 1.61. The van der Waals surface area contributed by atoms with Crippen molar-refractivity contribution in [1.82, 2.24) is 14.8 Å². The first-order valence-corrected chi connectivity index (χ1v) is 12.5. The Labute approximate surface area is 217 Å². The normalized spacial score (nSPS) is 10.9. The highest BCUT2D eigenvalue weighted by Gasteiger charge is 2.19. The van der Waals surface area contributed by atoms with Gasteiger partial charge in [0.05, 0.1) is 18.0 Å². The standard InChI is InChI=1S/C24H18BrClF2N4O2S/c1-2-34-18-9-7-17(8-10-18)32-23(14-3-5-15(26)6-4-14)30-31-24(32)35-13-21(33)29-22-19(25)11-16(27)12-20(22)28/h3-12H,2,13H2,1H3,(H,29,33). The number of rotatable bonds is 8. The van der Waals surface area contributed by atoms with Crippen LogP contribution in [0.2, 0.25) is 5.02 Å². The smallest absolute Gasteiger partial charge is 0.234 e. The lowest BCUT2D eigenvalue weighted by molar-refractivity contribution is -0.113. The third-order valence-electron chi connectivity index (χ3n) is 4.75. The summed E-state index contributed by atoms with van der Waals surface area (Å²) in [4.78, 5) is 12.6. The van der Waals surface area contributed by atoms with Gasteiger partial charge in [0.1, 0.15) is 11.6 Å². The Morgan fingerprint density at radius 3 is 2.49 bits per heavy atom. The van der Waals surface area contributed by atoms with Gasteiger partial charge in [-0.15, -0.1) is 10.2 Å². The number of carbonyl (C=O) groups is 1. The molecule has 1 aromatic heterocycles. The van der Waals surface area contributed by atoms with Gasteiger partial charge >= 0.3 is 0 Å². The summed E-state index contributed by atoms with van der Waals surface area (Å²) < 4.78 is 34.9. The molecule has 1 heterocycles. The Morgan fingerprint density at radius 1 is 1.11 bits per heavy atom. The second kappa shape index (κ2) is 11.2. The van der Waals surface area contributed by atoms with Gasteiger partial charge in [-0.1, -0.05) is 23.4 Å². The van der Waals surface area contributed by atoms with E-state index in [0.29, 0.717) is 28.7 Å². The van der Waals surface area contributed by atoms with Gasteiger partial charge in [0.2, 0.25) is 5.91 Å². The number of ether oxygens (including phenoxy) is 1. The predicted octanol–water partition coefficient (Wildman–Crippen LogP) is 6.76. The van der Waals surface area contributed by atoms with Gasteiger partial charge in [0.25, 0.3) is 0 Å². The van der Waals surface area contributed by atoms with Crippen LogP contribution in [0.3, 0.4) is 0 Å². The highest BCUT2D eigenvalue weighted by atomic mass is 79.9. The van der Waals surface area contributed by atoms with Gasteiger partial charge in [0.15, 0.2) is 16.8 Å². The summed E-state index contributed by atoms with van der Waals surface area (Å²) in [7, 11) is 0. The Hall–Kier alpha value is -2.95. The quantitative estimate of drug-likeness (QED) is 0.234. The van der Waals surface area contributed by atoms with Crippen LogP contribution in [-0.4, -0.2) is 33.0 Å². The molecule has 0 atom stereocenters. The SMILES string of the molecule is CCOc1ccc(-n2c(SCC(=O)Nc3c(F)cc(F)cc3Br)nnc2-c2ccc(Cl)cc2)cc1. The lowest BCUT2D eigenvalue weighted by Crippen LogP contribution is -2.16. The maximum absolute atomic E-state index is 14.1. The van der Waals surface area contributed by atoms with E-state index in [0.717, 1.165) is 34.8 Å². The fourth-order valence-electron chi connectivity index (χ4n) is 3.21. The van der Waals surface area contributed by atoms with Gasteiger partial charge in [-0.3, -0.25) is 9.36 Å². The van der Waals surface area contributed by atoms with Crippen molar-refractivity contribution in [3.8, 4) is 22.8 Å². The Morgan fingerprint density at radius 2 is 1.83 bits per heavy atom. The van der Waals surface area contributed by atoms with Crippen molar-refractivity contribution in [2.45, 2.75) is 12.1 Å². The summed E-state index contributed by atoms with van der Waals surface area (Å²) in [5, 5.41) is 12.1. The van der Waals surface area contributed by atoms with Gasteiger partial charge in [-0.05, 0) is 77.5 Å². The van der Waals surface area contributed by atoms with Crippen LogP contribution in [0.5, 0.6) is 5.75 Å². The number of hydrogen-bond donors (Lipinski definition) is 1. The molecule has 0 aliphatic carbocycles. The molecule has 1 N–H and O–H groups in total. The molecule has 0 unspecified atom stereocenters. The highest BCUT2D eigenvalue weighted by molar-refractivity contribution is 9.10. The molecule has 0 spiro atoms. The molecule has 4 rings (SSSR count). The Kier molecular flexibility index (Phi) is 8.04. The summed E-state index contributed by atoms with van der Waals surface area (Å²) >= 11 is 10.2. The summed E-state index contributed by atoms with van der Waals surface area (Å²) in [5.41, 5.74) is 1.41. The third kappa shape index (κ3) is 6.01. The van der Waals surface area contributed by atoms with Gasteiger partial charge in [0, 0.05) is 26.8 Å². The number of aromatic nitrogens is 3. The maximum atomic E-state index is 14.1. The number of hydrogen-bond acceptors (Lipinski definition) is 5. The number of anilines is 1. The van der Waals surface area contributed by atoms with Gasteiger partial charge < -0.3 is 10.1 Å². The fourth-order valence-corrected chi connectivity index (χ4v) is 4.59. The topological polar surface area (TPSA) is 69.0 Å². The van der Waals surface area contributed by atoms with Crippen molar-refractivity contribution in [2.24, 2.45) is 0 Å². The Bertz CT molecular complexity index is 1330. The number of nitrogens with one attached hydrogen (secondary N) is 1. The van der Waals surface area contributed by atoms with Crippen LogP contribution >= 0.6 is 39.3 Å². The number of benzene rings is 3. The molecule has 0 radical (unpaired) electrons. The van der Waals surface area contributed by atoms with E-state index in [-0.39, 0.29) is 15.9 Å². The van der Waals surface area contributed by atoms with Gasteiger partial charge in [-0.25, -0.2) is 8.78 Å². The minimum atomic E-state index is -0.877. The number of carbonyl (C=O) groups excluding carboxylic acids is 1. The molecule has 0 saturated heterocycles.